The van der Waals surface area contributed by atoms with Gasteiger partial charge in [0.2, 0.25) is 0 Å². The summed E-state index contributed by atoms with van der Waals surface area (Å²) in [5.74, 6) is 0. The van der Waals surface area contributed by atoms with Gasteiger partial charge in [0.25, 0.3) is 0 Å². The Bertz CT molecular complexity index is 363. The van der Waals surface area contributed by atoms with E-state index in [1.807, 2.05) is 0 Å². The van der Waals surface area contributed by atoms with Crippen LogP contribution in [-0.2, 0) is 0 Å². The highest BCUT2D eigenvalue weighted by molar-refractivity contribution is 9.10. The minimum absolute atomic E-state index is 0.318. The second-order valence-electron chi connectivity index (χ2n) is 5.38. The zero-order chi connectivity index (χ0) is 15.9. The predicted octanol–water partition coefficient (Wildman–Crippen LogP) is 8.18. The number of alkyl halides is 4. The van der Waals surface area contributed by atoms with E-state index in [-0.39, 0.29) is 0 Å². The van der Waals surface area contributed by atoms with Gasteiger partial charge in [-0.3, -0.25) is 0 Å². The smallest absolute Gasteiger partial charge is 0.111 e. The van der Waals surface area contributed by atoms with E-state index in [0.29, 0.717) is 22.7 Å². The maximum absolute atomic E-state index is 4.06. The molecule has 4 aliphatic heterocycles. The standard InChI is InChI=1S/C12H16Br4S6/c1-5(13)2-6(14)3-7(15)4-8(16)12-20-9-17-10(21-12)19-11(18-9)22-12/h5-11H,2-4H2,1H3. The monoisotopic (exact) mass is 668 g/mol. The van der Waals surface area contributed by atoms with Crippen molar-refractivity contribution in [1.82, 2.24) is 0 Å². The number of hydrogen-bond acceptors (Lipinski definition) is 6. The third-order valence-corrected chi connectivity index (χ3v) is 18.4. The summed E-state index contributed by atoms with van der Waals surface area (Å²) in [4.78, 5) is 2.28. The first kappa shape index (κ1) is 20.7. The van der Waals surface area contributed by atoms with Crippen LogP contribution in [0.25, 0.3) is 0 Å². The van der Waals surface area contributed by atoms with E-state index in [2.05, 4.69) is 141 Å². The fourth-order valence-electron chi connectivity index (χ4n) is 2.43. The van der Waals surface area contributed by atoms with Crippen molar-refractivity contribution in [1.29, 1.82) is 0 Å². The Balaban J connectivity index is 1.54. The van der Waals surface area contributed by atoms with Gasteiger partial charge in [-0.2, -0.15) is 0 Å². The summed E-state index contributed by atoms with van der Waals surface area (Å²) in [7, 11) is 0. The van der Waals surface area contributed by atoms with Crippen molar-refractivity contribution in [3.05, 3.63) is 0 Å². The van der Waals surface area contributed by atoms with Crippen LogP contribution in [0.5, 0.6) is 0 Å². The molecule has 0 nitrogen and oxygen atoms in total. The van der Waals surface area contributed by atoms with Crippen molar-refractivity contribution in [3.63, 3.8) is 0 Å². The molecule has 22 heavy (non-hydrogen) atoms. The number of thioether (sulfide) groups is 6. The lowest BCUT2D eigenvalue weighted by Crippen LogP contribution is -2.43. The fraction of sp³-hybridized carbons (Fsp3) is 1.00. The number of halogens is 4. The average molecular weight is 672 g/mol. The van der Waals surface area contributed by atoms with Crippen LogP contribution in [0.4, 0.5) is 0 Å². The van der Waals surface area contributed by atoms with E-state index in [1.54, 1.807) is 0 Å². The topological polar surface area (TPSA) is 0 Å². The lowest BCUT2D eigenvalue weighted by atomic mass is 10.1. The zero-order valence-corrected chi connectivity index (χ0v) is 22.9. The molecular formula is C12H16Br4S6. The first-order valence-corrected chi connectivity index (χ1v) is 16.1. The third-order valence-electron chi connectivity index (χ3n) is 3.39. The molecule has 0 aromatic carbocycles. The molecule has 128 valence electrons. The van der Waals surface area contributed by atoms with Gasteiger partial charge < -0.3 is 0 Å². The van der Waals surface area contributed by atoms with E-state index < -0.39 is 0 Å². The first-order valence-electron chi connectivity index (χ1n) is 6.92. The van der Waals surface area contributed by atoms with Crippen molar-refractivity contribution in [2.24, 2.45) is 0 Å². The van der Waals surface area contributed by atoms with E-state index in [4.69, 9.17) is 0 Å². The summed E-state index contributed by atoms with van der Waals surface area (Å²) in [6.45, 7) is 2.22. The van der Waals surface area contributed by atoms with Gasteiger partial charge in [-0.05, 0) is 19.3 Å². The molecule has 0 spiro atoms. The fourth-order valence-corrected chi connectivity index (χ4v) is 25.7. The molecule has 4 fully saturated rings. The van der Waals surface area contributed by atoms with Gasteiger partial charge >= 0.3 is 0 Å². The molecule has 0 radical (unpaired) electrons. The second-order valence-corrected chi connectivity index (χ2v) is 21.8. The van der Waals surface area contributed by atoms with E-state index >= 15 is 0 Å². The molecule has 4 rings (SSSR count). The molecule has 4 saturated heterocycles. The van der Waals surface area contributed by atoms with E-state index in [1.165, 1.54) is 19.3 Å². The Morgan fingerprint density at radius 2 is 1.23 bits per heavy atom. The third kappa shape index (κ3) is 5.30. The maximum atomic E-state index is 4.06. The molecule has 4 aliphatic rings. The zero-order valence-electron chi connectivity index (χ0n) is 11.6. The van der Waals surface area contributed by atoms with E-state index in [0.717, 1.165) is 11.7 Å². The van der Waals surface area contributed by atoms with Crippen LogP contribution in [0.2, 0.25) is 0 Å². The molecule has 4 heterocycles. The van der Waals surface area contributed by atoms with Crippen LogP contribution in [0.3, 0.4) is 0 Å². The Hall–Kier alpha value is 4.02. The Morgan fingerprint density at radius 3 is 1.68 bits per heavy atom. The highest BCUT2D eigenvalue weighted by Crippen LogP contribution is 2.78. The summed E-state index contributed by atoms with van der Waals surface area (Å²) in [6, 6.07) is 0. The largest absolute Gasteiger partial charge is 0.125 e. The van der Waals surface area contributed by atoms with Crippen LogP contribution in [0.15, 0.2) is 0 Å². The molecule has 0 saturated carbocycles. The highest BCUT2D eigenvalue weighted by atomic mass is 79.9. The molecule has 4 bridgehead atoms. The Labute approximate surface area is 192 Å². The average Bonchev–Trinajstić information content (AvgIpc) is 2.35. The molecule has 0 N–H and O–H groups in total. The quantitative estimate of drug-likeness (QED) is 0.249. The summed E-state index contributed by atoms with van der Waals surface area (Å²) >= 11 is 28.5. The van der Waals surface area contributed by atoms with Crippen molar-refractivity contribution in [2.45, 2.75) is 60.6 Å². The van der Waals surface area contributed by atoms with Crippen LogP contribution >= 0.6 is 134 Å². The van der Waals surface area contributed by atoms with Crippen LogP contribution in [0.1, 0.15) is 26.2 Å². The van der Waals surface area contributed by atoms with Crippen molar-refractivity contribution < 1.29 is 0 Å². The predicted molar refractivity (Wildman–Crippen MR) is 130 cm³/mol. The van der Waals surface area contributed by atoms with Crippen LogP contribution < -0.4 is 0 Å². The normalized spacial score (nSPS) is 42.1. The van der Waals surface area contributed by atoms with Crippen LogP contribution in [-0.4, -0.2) is 34.5 Å². The van der Waals surface area contributed by atoms with Crippen molar-refractivity contribution in [2.75, 3.05) is 0 Å². The lowest BCUT2D eigenvalue weighted by Gasteiger charge is -2.55. The van der Waals surface area contributed by atoms with Gasteiger partial charge in [-0.25, -0.2) is 0 Å². The Morgan fingerprint density at radius 1 is 0.773 bits per heavy atom. The van der Waals surface area contributed by atoms with Gasteiger partial charge in [0, 0.05) is 19.3 Å². The molecule has 4 unspecified atom stereocenters. The van der Waals surface area contributed by atoms with Gasteiger partial charge in [-0.15, -0.1) is 70.6 Å². The maximum Gasteiger partial charge on any atom is 0.125 e. The lowest BCUT2D eigenvalue weighted by molar-refractivity contribution is 0.649. The van der Waals surface area contributed by atoms with Crippen molar-refractivity contribution in [3.8, 4) is 0 Å². The number of hydrogen-bond donors (Lipinski definition) is 0. The van der Waals surface area contributed by atoms with Gasteiger partial charge in [0.05, 0.1) is 0 Å². The summed E-state index contributed by atoms with van der Waals surface area (Å²) in [5, 5.41) is 0. The van der Waals surface area contributed by atoms with Gasteiger partial charge in [-0.1, -0.05) is 70.6 Å². The molecule has 4 atom stereocenters. The van der Waals surface area contributed by atoms with Gasteiger partial charge in [0.15, 0.2) is 0 Å². The molecule has 0 amide bonds. The second kappa shape index (κ2) is 9.01. The Kier molecular flexibility index (Phi) is 8.50. The SMILES string of the molecule is CC(Br)CC(Br)CC(Br)CC(Br)C12SC3SC(SC(S3)S1)S2. The first-order chi connectivity index (χ1) is 10.4. The molecular weight excluding hydrogens is 656 g/mol. The summed E-state index contributed by atoms with van der Waals surface area (Å²) in [6.07, 6.45) is 3.55. The highest BCUT2D eigenvalue weighted by Gasteiger charge is 2.58. The number of rotatable bonds is 7. The van der Waals surface area contributed by atoms with Crippen LogP contribution in [0, 0.1) is 0 Å². The molecule has 10 heteroatoms. The summed E-state index contributed by atoms with van der Waals surface area (Å²) in [5.41, 5.74) is 0. The van der Waals surface area contributed by atoms with Crippen molar-refractivity contribution >= 4 is 134 Å². The minimum atomic E-state index is 0.318. The molecule has 0 aromatic heterocycles. The molecule has 0 aliphatic carbocycles. The minimum Gasteiger partial charge on any atom is -0.111 e. The van der Waals surface area contributed by atoms with Gasteiger partial charge in [0.1, 0.15) is 15.2 Å². The molecule has 0 aromatic rings. The summed E-state index contributed by atoms with van der Waals surface area (Å²) < 4.78 is 2.54. The van der Waals surface area contributed by atoms with E-state index in [9.17, 15) is 0 Å².